The lowest BCUT2D eigenvalue weighted by atomic mass is 10.0. The first-order valence-corrected chi connectivity index (χ1v) is 9.74. The highest BCUT2D eigenvalue weighted by atomic mass is 16.7. The van der Waals surface area contributed by atoms with E-state index in [1.807, 2.05) is 13.1 Å². The molecule has 1 atom stereocenters. The molecule has 0 aliphatic carbocycles. The van der Waals surface area contributed by atoms with Gasteiger partial charge in [-0.3, -0.25) is 9.89 Å². The van der Waals surface area contributed by atoms with Gasteiger partial charge in [0.2, 0.25) is 6.79 Å². The van der Waals surface area contributed by atoms with Gasteiger partial charge in [-0.05, 0) is 56.0 Å². The van der Waals surface area contributed by atoms with Crippen molar-refractivity contribution in [1.82, 2.24) is 15.5 Å². The van der Waals surface area contributed by atoms with Gasteiger partial charge < -0.3 is 20.1 Å². The maximum Gasteiger partial charge on any atom is 0.231 e. The van der Waals surface area contributed by atoms with Crippen molar-refractivity contribution in [2.45, 2.75) is 39.2 Å². The highest BCUT2D eigenvalue weighted by Gasteiger charge is 2.24. The van der Waals surface area contributed by atoms with Crippen molar-refractivity contribution >= 4 is 5.96 Å². The third-order valence-electron chi connectivity index (χ3n) is 5.22. The summed E-state index contributed by atoms with van der Waals surface area (Å²) in [5.74, 6) is 3.18. The summed E-state index contributed by atoms with van der Waals surface area (Å²) in [5, 5.41) is 6.93. The van der Waals surface area contributed by atoms with Gasteiger partial charge >= 0.3 is 0 Å². The molecule has 144 valence electrons. The zero-order valence-electron chi connectivity index (χ0n) is 16.3. The van der Waals surface area contributed by atoms with Crippen molar-refractivity contribution in [1.29, 1.82) is 0 Å². The van der Waals surface area contributed by atoms with Gasteiger partial charge in [-0.15, -0.1) is 0 Å². The Kier molecular flexibility index (Phi) is 6.61. The van der Waals surface area contributed by atoms with E-state index in [0.717, 1.165) is 37.0 Å². The van der Waals surface area contributed by atoms with E-state index in [1.54, 1.807) is 0 Å². The van der Waals surface area contributed by atoms with Crippen LogP contribution in [0, 0.1) is 5.92 Å². The van der Waals surface area contributed by atoms with Crippen molar-refractivity contribution in [2.24, 2.45) is 10.9 Å². The Morgan fingerprint density at radius 2 is 1.92 bits per heavy atom. The van der Waals surface area contributed by atoms with Gasteiger partial charge in [0, 0.05) is 26.2 Å². The Morgan fingerprint density at radius 3 is 2.65 bits per heavy atom. The van der Waals surface area contributed by atoms with E-state index in [9.17, 15) is 0 Å². The molecule has 1 fully saturated rings. The highest BCUT2D eigenvalue weighted by molar-refractivity contribution is 5.79. The van der Waals surface area contributed by atoms with Gasteiger partial charge in [0.25, 0.3) is 0 Å². The van der Waals surface area contributed by atoms with Crippen molar-refractivity contribution in [3.05, 3.63) is 23.8 Å². The maximum absolute atomic E-state index is 5.44. The molecule has 1 aromatic rings. The molecule has 6 nitrogen and oxygen atoms in total. The van der Waals surface area contributed by atoms with Gasteiger partial charge in [-0.25, -0.2) is 0 Å². The van der Waals surface area contributed by atoms with Gasteiger partial charge in [0.1, 0.15) is 0 Å². The third kappa shape index (κ3) is 4.81. The minimum atomic E-state index is 0.321. The van der Waals surface area contributed by atoms with E-state index in [4.69, 9.17) is 9.47 Å². The Balaban J connectivity index is 1.44. The molecule has 26 heavy (non-hydrogen) atoms. The molecule has 6 heteroatoms. The van der Waals surface area contributed by atoms with E-state index in [2.05, 4.69) is 46.5 Å². The van der Waals surface area contributed by atoms with Crippen molar-refractivity contribution in [2.75, 3.05) is 40.0 Å². The molecule has 0 radical (unpaired) electrons. The molecule has 3 rings (SSSR count). The molecule has 1 unspecified atom stereocenters. The lowest BCUT2D eigenvalue weighted by Gasteiger charge is -2.31. The van der Waals surface area contributed by atoms with E-state index >= 15 is 0 Å². The summed E-state index contributed by atoms with van der Waals surface area (Å²) in [6, 6.07) is 6.69. The van der Waals surface area contributed by atoms with Crippen LogP contribution in [0.15, 0.2) is 23.2 Å². The fourth-order valence-corrected chi connectivity index (χ4v) is 3.70. The number of fused-ring (bicyclic) bond motifs is 1. The smallest absolute Gasteiger partial charge is 0.231 e. The first-order chi connectivity index (χ1) is 12.7. The minimum Gasteiger partial charge on any atom is -0.454 e. The van der Waals surface area contributed by atoms with Crippen LogP contribution in [0.4, 0.5) is 0 Å². The molecule has 0 spiro atoms. The number of nitrogens with zero attached hydrogens (tertiary/aromatic N) is 2. The zero-order valence-corrected chi connectivity index (χ0v) is 16.3. The van der Waals surface area contributed by atoms with Crippen LogP contribution in [0.2, 0.25) is 0 Å². The van der Waals surface area contributed by atoms with Crippen LogP contribution in [0.3, 0.4) is 0 Å². The standard InChI is InChI=1S/C20H32N4O2/c1-15(2)17(24-10-4-5-11-24)13-23-20(21-3)22-9-8-16-6-7-18-19(12-16)26-14-25-18/h6-7,12,15,17H,4-5,8-11,13-14H2,1-3H3,(H2,21,22,23). The molecular formula is C20H32N4O2. The Bertz CT molecular complexity index is 612. The molecule has 1 saturated heterocycles. The van der Waals surface area contributed by atoms with Gasteiger partial charge in [0.15, 0.2) is 17.5 Å². The van der Waals surface area contributed by atoms with Gasteiger partial charge in [-0.2, -0.15) is 0 Å². The van der Waals surface area contributed by atoms with Crippen LogP contribution in [0.5, 0.6) is 11.5 Å². The minimum absolute atomic E-state index is 0.321. The largest absolute Gasteiger partial charge is 0.454 e. The van der Waals surface area contributed by atoms with E-state index in [0.29, 0.717) is 18.8 Å². The Morgan fingerprint density at radius 1 is 1.15 bits per heavy atom. The number of hydrogen-bond acceptors (Lipinski definition) is 4. The summed E-state index contributed by atoms with van der Waals surface area (Å²) in [6.45, 7) is 9.14. The van der Waals surface area contributed by atoms with Crippen molar-refractivity contribution in [3.8, 4) is 11.5 Å². The molecule has 1 aromatic carbocycles. The second-order valence-electron chi connectivity index (χ2n) is 7.37. The monoisotopic (exact) mass is 360 g/mol. The zero-order chi connectivity index (χ0) is 18.4. The molecule has 2 N–H and O–H groups in total. The lowest BCUT2D eigenvalue weighted by molar-refractivity contribution is 0.174. The number of aliphatic imine (C=N–C) groups is 1. The van der Waals surface area contributed by atoms with E-state index in [1.165, 1.54) is 31.5 Å². The summed E-state index contributed by atoms with van der Waals surface area (Å²) >= 11 is 0. The second kappa shape index (κ2) is 9.12. The first-order valence-electron chi connectivity index (χ1n) is 9.74. The third-order valence-corrected chi connectivity index (χ3v) is 5.22. The number of rotatable bonds is 7. The van der Waals surface area contributed by atoms with Crippen LogP contribution < -0.4 is 20.1 Å². The predicted molar refractivity (Wildman–Crippen MR) is 105 cm³/mol. The summed E-state index contributed by atoms with van der Waals surface area (Å²) < 4.78 is 10.8. The Hall–Kier alpha value is -1.95. The lowest BCUT2D eigenvalue weighted by Crippen LogP contribution is -2.48. The van der Waals surface area contributed by atoms with Crippen LogP contribution >= 0.6 is 0 Å². The first kappa shape index (κ1) is 18.8. The molecule has 2 aliphatic heterocycles. The van der Waals surface area contributed by atoms with Crippen molar-refractivity contribution < 1.29 is 9.47 Å². The highest BCUT2D eigenvalue weighted by Crippen LogP contribution is 2.32. The molecular weight excluding hydrogens is 328 g/mol. The summed E-state index contributed by atoms with van der Waals surface area (Å²) in [7, 11) is 1.83. The molecule has 0 saturated carbocycles. The number of ether oxygens (including phenoxy) is 2. The van der Waals surface area contributed by atoms with Crippen LogP contribution in [0.25, 0.3) is 0 Å². The fraction of sp³-hybridized carbons (Fsp3) is 0.650. The number of likely N-dealkylation sites (tertiary alicyclic amines) is 1. The van der Waals surface area contributed by atoms with Crippen LogP contribution in [-0.2, 0) is 6.42 Å². The number of nitrogens with one attached hydrogen (secondary N) is 2. The van der Waals surface area contributed by atoms with Gasteiger partial charge in [-0.1, -0.05) is 19.9 Å². The van der Waals surface area contributed by atoms with Gasteiger partial charge in [0.05, 0.1) is 0 Å². The number of guanidine groups is 1. The van der Waals surface area contributed by atoms with E-state index < -0.39 is 0 Å². The molecule has 2 aliphatic rings. The summed E-state index contributed by atoms with van der Waals surface area (Å²) in [6.07, 6.45) is 3.56. The van der Waals surface area contributed by atoms with Crippen LogP contribution in [-0.4, -0.2) is 56.9 Å². The predicted octanol–water partition coefficient (Wildman–Crippen LogP) is 2.24. The molecule has 0 amide bonds. The summed E-state index contributed by atoms with van der Waals surface area (Å²) in [5.41, 5.74) is 1.23. The fourth-order valence-electron chi connectivity index (χ4n) is 3.70. The topological polar surface area (TPSA) is 58.1 Å². The number of hydrogen-bond donors (Lipinski definition) is 2. The normalized spacial score (nSPS) is 18.4. The average Bonchev–Trinajstić information content (AvgIpc) is 3.31. The second-order valence-corrected chi connectivity index (χ2v) is 7.37. The van der Waals surface area contributed by atoms with Crippen molar-refractivity contribution in [3.63, 3.8) is 0 Å². The molecule has 0 aromatic heterocycles. The maximum atomic E-state index is 5.44. The number of benzene rings is 1. The average molecular weight is 361 g/mol. The molecule has 2 heterocycles. The quantitative estimate of drug-likeness (QED) is 0.577. The molecule has 0 bridgehead atoms. The Labute approximate surface area is 157 Å². The summed E-state index contributed by atoms with van der Waals surface area (Å²) in [4.78, 5) is 6.97. The SMILES string of the molecule is CN=C(NCCc1ccc2c(c1)OCO2)NCC(C(C)C)N1CCCC1. The van der Waals surface area contributed by atoms with Crippen LogP contribution in [0.1, 0.15) is 32.3 Å². The van der Waals surface area contributed by atoms with E-state index in [-0.39, 0.29) is 0 Å².